The lowest BCUT2D eigenvalue weighted by Gasteiger charge is -2.04. The lowest BCUT2D eigenvalue weighted by atomic mass is 10.3. The van der Waals surface area contributed by atoms with E-state index in [1.54, 1.807) is 36.3 Å². The molecule has 0 fully saturated rings. The molecule has 2 aromatic rings. The second kappa shape index (κ2) is 4.01. The molecule has 16 heavy (non-hydrogen) atoms. The molecule has 0 atom stereocenters. The maximum atomic E-state index is 11.7. The Morgan fingerprint density at radius 1 is 1.56 bits per heavy atom. The van der Waals surface area contributed by atoms with Crippen LogP contribution >= 0.6 is 0 Å². The number of anilines is 2. The summed E-state index contributed by atoms with van der Waals surface area (Å²) in [6, 6.07) is 3.38. The summed E-state index contributed by atoms with van der Waals surface area (Å²) in [6.07, 6.45) is 4.66. The fourth-order valence-corrected chi connectivity index (χ4v) is 1.24. The van der Waals surface area contributed by atoms with Crippen molar-refractivity contribution in [3.8, 4) is 0 Å². The highest BCUT2D eigenvalue weighted by atomic mass is 16.1. The molecule has 0 radical (unpaired) electrons. The number of amides is 1. The SMILES string of the molecule is Cn1cc(C(=O)Nc2ncccc2N)cn1. The topological polar surface area (TPSA) is 85.8 Å². The molecule has 0 aromatic carbocycles. The van der Waals surface area contributed by atoms with E-state index in [0.29, 0.717) is 17.1 Å². The van der Waals surface area contributed by atoms with E-state index in [-0.39, 0.29) is 5.91 Å². The molecule has 0 aliphatic rings. The van der Waals surface area contributed by atoms with Gasteiger partial charge in [0.1, 0.15) is 0 Å². The Morgan fingerprint density at radius 2 is 2.38 bits per heavy atom. The minimum absolute atomic E-state index is 0.279. The van der Waals surface area contributed by atoms with E-state index in [2.05, 4.69) is 15.4 Å². The highest BCUT2D eigenvalue weighted by Gasteiger charge is 2.09. The molecule has 0 spiro atoms. The number of nitrogen functional groups attached to an aromatic ring is 1. The molecular weight excluding hydrogens is 206 g/mol. The molecular formula is C10H11N5O. The third-order valence-electron chi connectivity index (χ3n) is 2.04. The van der Waals surface area contributed by atoms with Crippen LogP contribution < -0.4 is 11.1 Å². The van der Waals surface area contributed by atoms with Gasteiger partial charge in [-0.2, -0.15) is 5.10 Å². The summed E-state index contributed by atoms with van der Waals surface area (Å²) in [7, 11) is 1.74. The number of hydrogen-bond donors (Lipinski definition) is 2. The second-order valence-electron chi connectivity index (χ2n) is 3.30. The zero-order valence-electron chi connectivity index (χ0n) is 8.71. The van der Waals surface area contributed by atoms with Crippen LogP contribution in [0.3, 0.4) is 0 Å². The van der Waals surface area contributed by atoms with Crippen LogP contribution in [-0.2, 0) is 7.05 Å². The maximum absolute atomic E-state index is 11.7. The largest absolute Gasteiger partial charge is 0.396 e. The molecule has 0 aliphatic heterocycles. The van der Waals surface area contributed by atoms with Crippen molar-refractivity contribution in [2.24, 2.45) is 7.05 Å². The van der Waals surface area contributed by atoms with E-state index in [9.17, 15) is 4.79 Å². The molecule has 82 valence electrons. The Labute approximate surface area is 92.1 Å². The van der Waals surface area contributed by atoms with Gasteiger partial charge in [0.25, 0.3) is 5.91 Å². The quantitative estimate of drug-likeness (QED) is 0.773. The second-order valence-corrected chi connectivity index (χ2v) is 3.30. The first-order valence-electron chi connectivity index (χ1n) is 4.67. The molecule has 0 bridgehead atoms. The monoisotopic (exact) mass is 217 g/mol. The van der Waals surface area contributed by atoms with Crippen LogP contribution in [0.15, 0.2) is 30.7 Å². The van der Waals surface area contributed by atoms with Gasteiger partial charge in [0.05, 0.1) is 17.4 Å². The van der Waals surface area contributed by atoms with Crippen molar-refractivity contribution in [2.45, 2.75) is 0 Å². The molecule has 0 saturated carbocycles. The molecule has 6 heteroatoms. The number of aromatic nitrogens is 3. The number of carbonyl (C=O) groups excluding carboxylic acids is 1. The fourth-order valence-electron chi connectivity index (χ4n) is 1.24. The van der Waals surface area contributed by atoms with Gasteiger partial charge in [-0.15, -0.1) is 0 Å². The number of rotatable bonds is 2. The minimum Gasteiger partial charge on any atom is -0.396 e. The van der Waals surface area contributed by atoms with Crippen molar-refractivity contribution in [1.82, 2.24) is 14.8 Å². The van der Waals surface area contributed by atoms with Gasteiger partial charge in [0, 0.05) is 19.4 Å². The first-order chi connectivity index (χ1) is 7.66. The number of nitrogens with one attached hydrogen (secondary N) is 1. The van der Waals surface area contributed by atoms with Crippen molar-refractivity contribution in [2.75, 3.05) is 11.1 Å². The first-order valence-corrected chi connectivity index (χ1v) is 4.67. The van der Waals surface area contributed by atoms with E-state index >= 15 is 0 Å². The molecule has 0 saturated heterocycles. The number of hydrogen-bond acceptors (Lipinski definition) is 4. The lowest BCUT2D eigenvalue weighted by Crippen LogP contribution is -2.13. The van der Waals surface area contributed by atoms with Crippen LogP contribution in [0.25, 0.3) is 0 Å². The normalized spacial score (nSPS) is 10.1. The zero-order valence-corrected chi connectivity index (χ0v) is 8.71. The maximum Gasteiger partial charge on any atom is 0.260 e. The van der Waals surface area contributed by atoms with Gasteiger partial charge in [-0.05, 0) is 12.1 Å². The van der Waals surface area contributed by atoms with Gasteiger partial charge < -0.3 is 11.1 Å². The molecule has 2 rings (SSSR count). The number of aryl methyl sites for hydroxylation is 1. The number of nitrogens with zero attached hydrogens (tertiary/aromatic N) is 3. The van der Waals surface area contributed by atoms with Crippen LogP contribution in [0.1, 0.15) is 10.4 Å². The van der Waals surface area contributed by atoms with Crippen LogP contribution in [0.2, 0.25) is 0 Å². The van der Waals surface area contributed by atoms with E-state index in [4.69, 9.17) is 5.73 Å². The number of nitrogens with two attached hydrogens (primary N) is 1. The predicted molar refractivity (Wildman–Crippen MR) is 59.8 cm³/mol. The summed E-state index contributed by atoms with van der Waals surface area (Å²) in [4.78, 5) is 15.7. The van der Waals surface area contributed by atoms with E-state index in [1.807, 2.05) is 0 Å². The molecule has 1 amide bonds. The summed E-state index contributed by atoms with van der Waals surface area (Å²) in [5, 5.41) is 6.52. The average molecular weight is 217 g/mol. The van der Waals surface area contributed by atoms with E-state index < -0.39 is 0 Å². The molecule has 0 aliphatic carbocycles. The molecule has 2 heterocycles. The summed E-state index contributed by atoms with van der Waals surface area (Å²) >= 11 is 0. The van der Waals surface area contributed by atoms with E-state index in [1.165, 1.54) is 6.20 Å². The lowest BCUT2D eigenvalue weighted by molar-refractivity contribution is 0.102. The summed E-state index contributed by atoms with van der Waals surface area (Å²) < 4.78 is 1.55. The van der Waals surface area contributed by atoms with Crippen molar-refractivity contribution in [3.63, 3.8) is 0 Å². The van der Waals surface area contributed by atoms with Crippen molar-refractivity contribution < 1.29 is 4.79 Å². The van der Waals surface area contributed by atoms with Crippen LogP contribution in [0.4, 0.5) is 11.5 Å². The van der Waals surface area contributed by atoms with Crippen LogP contribution in [-0.4, -0.2) is 20.7 Å². The fraction of sp³-hybridized carbons (Fsp3) is 0.100. The van der Waals surface area contributed by atoms with Crippen molar-refractivity contribution >= 4 is 17.4 Å². The third-order valence-corrected chi connectivity index (χ3v) is 2.04. The summed E-state index contributed by atoms with van der Waals surface area (Å²) in [6.45, 7) is 0. The Kier molecular flexibility index (Phi) is 2.55. The third kappa shape index (κ3) is 2.00. The van der Waals surface area contributed by atoms with Crippen LogP contribution in [0.5, 0.6) is 0 Å². The van der Waals surface area contributed by atoms with Gasteiger partial charge in [0.2, 0.25) is 0 Å². The average Bonchev–Trinajstić information content (AvgIpc) is 2.68. The minimum atomic E-state index is -0.279. The number of pyridine rings is 1. The first kappa shape index (κ1) is 10.2. The molecule has 2 aromatic heterocycles. The Balaban J connectivity index is 2.17. The van der Waals surface area contributed by atoms with Crippen molar-refractivity contribution in [3.05, 3.63) is 36.3 Å². The zero-order chi connectivity index (χ0) is 11.5. The Bertz CT molecular complexity index is 519. The molecule has 0 unspecified atom stereocenters. The Morgan fingerprint density at radius 3 is 3.00 bits per heavy atom. The van der Waals surface area contributed by atoms with Gasteiger partial charge >= 0.3 is 0 Å². The predicted octanol–water partition coefficient (Wildman–Crippen LogP) is 0.650. The summed E-state index contributed by atoms with van der Waals surface area (Å²) in [5.41, 5.74) is 6.55. The van der Waals surface area contributed by atoms with Gasteiger partial charge in [-0.3, -0.25) is 9.48 Å². The van der Waals surface area contributed by atoms with Crippen LogP contribution in [0, 0.1) is 0 Å². The number of carbonyl (C=O) groups is 1. The highest BCUT2D eigenvalue weighted by Crippen LogP contribution is 2.13. The Hall–Kier alpha value is -2.37. The molecule has 6 nitrogen and oxygen atoms in total. The standard InChI is InChI=1S/C10H11N5O/c1-15-6-7(5-13-15)10(16)14-9-8(11)3-2-4-12-9/h2-6H,11H2,1H3,(H,12,14,16). The van der Waals surface area contributed by atoms with Crippen molar-refractivity contribution in [1.29, 1.82) is 0 Å². The van der Waals surface area contributed by atoms with E-state index in [0.717, 1.165) is 0 Å². The highest BCUT2D eigenvalue weighted by molar-refractivity contribution is 6.04. The smallest absolute Gasteiger partial charge is 0.260 e. The van der Waals surface area contributed by atoms with Gasteiger partial charge in [-0.25, -0.2) is 4.98 Å². The molecule has 3 N–H and O–H groups in total. The van der Waals surface area contributed by atoms with Gasteiger partial charge in [0.15, 0.2) is 5.82 Å². The van der Waals surface area contributed by atoms with Gasteiger partial charge in [-0.1, -0.05) is 0 Å². The summed E-state index contributed by atoms with van der Waals surface area (Å²) in [5.74, 6) is 0.0786.